The molecule has 6 heteroatoms. The maximum Gasteiger partial charge on any atom is 0.224 e. The zero-order chi connectivity index (χ0) is 14.5. The lowest BCUT2D eigenvalue weighted by atomic mass is 10.2. The van der Waals surface area contributed by atoms with Gasteiger partial charge in [-0.3, -0.25) is 5.41 Å². The zero-order valence-electron chi connectivity index (χ0n) is 10.8. The first-order valence-electron chi connectivity index (χ1n) is 6.00. The molecule has 0 amide bonds. The van der Waals surface area contributed by atoms with Gasteiger partial charge < -0.3 is 10.1 Å². The van der Waals surface area contributed by atoms with E-state index in [1.165, 1.54) is 6.07 Å². The van der Waals surface area contributed by atoms with Gasteiger partial charge in [0.05, 0.1) is 12.2 Å². The minimum Gasteiger partial charge on any atom is -0.477 e. The van der Waals surface area contributed by atoms with Gasteiger partial charge in [0.2, 0.25) is 5.88 Å². The van der Waals surface area contributed by atoms with E-state index in [9.17, 15) is 8.78 Å². The molecule has 1 aromatic heterocycles. The van der Waals surface area contributed by atoms with E-state index in [2.05, 4.69) is 10.3 Å². The van der Waals surface area contributed by atoms with Crippen LogP contribution in [0.3, 0.4) is 0 Å². The molecule has 2 aromatic rings. The molecule has 104 valence electrons. The van der Waals surface area contributed by atoms with Crippen molar-refractivity contribution in [3.05, 3.63) is 53.7 Å². The second-order valence-corrected chi connectivity index (χ2v) is 3.92. The standard InChI is InChI=1S/C14H13F2N3O/c1-2-20-14-10(4-3-7-18-14)13(17)19-9-5-6-11(15)12(16)8-9/h3-8H,2H2,1H3,(H2,17,19). The number of nitrogens with one attached hydrogen (secondary N) is 2. The Labute approximate surface area is 114 Å². The number of ether oxygens (including phenoxy) is 1. The molecule has 0 aliphatic heterocycles. The Kier molecular flexibility index (Phi) is 4.24. The van der Waals surface area contributed by atoms with E-state index in [-0.39, 0.29) is 11.5 Å². The lowest BCUT2D eigenvalue weighted by Crippen LogP contribution is -2.14. The number of aromatic nitrogens is 1. The van der Waals surface area contributed by atoms with Crippen molar-refractivity contribution in [1.29, 1.82) is 5.41 Å². The monoisotopic (exact) mass is 277 g/mol. The summed E-state index contributed by atoms with van der Waals surface area (Å²) in [6.45, 7) is 2.23. The molecular formula is C14H13F2N3O. The molecule has 0 saturated carbocycles. The van der Waals surface area contributed by atoms with Crippen LogP contribution in [0.4, 0.5) is 14.5 Å². The Morgan fingerprint density at radius 1 is 1.30 bits per heavy atom. The first-order chi connectivity index (χ1) is 9.61. The van der Waals surface area contributed by atoms with Gasteiger partial charge in [-0.25, -0.2) is 13.8 Å². The van der Waals surface area contributed by atoms with Crippen molar-refractivity contribution in [3.8, 4) is 5.88 Å². The molecule has 2 N–H and O–H groups in total. The lowest BCUT2D eigenvalue weighted by Gasteiger charge is -2.11. The molecule has 0 aliphatic carbocycles. The first kappa shape index (κ1) is 13.9. The number of rotatable bonds is 4. The SMILES string of the molecule is CCOc1ncccc1C(=N)Nc1ccc(F)c(F)c1. The van der Waals surface area contributed by atoms with Crippen molar-refractivity contribution in [2.24, 2.45) is 0 Å². The van der Waals surface area contributed by atoms with Gasteiger partial charge >= 0.3 is 0 Å². The molecule has 0 saturated heterocycles. The van der Waals surface area contributed by atoms with Gasteiger partial charge in [-0.1, -0.05) is 0 Å². The van der Waals surface area contributed by atoms with Crippen LogP contribution in [0.1, 0.15) is 12.5 Å². The van der Waals surface area contributed by atoms with Crippen LogP contribution in [-0.2, 0) is 0 Å². The number of amidine groups is 1. The summed E-state index contributed by atoms with van der Waals surface area (Å²) < 4.78 is 31.3. The van der Waals surface area contributed by atoms with Gasteiger partial charge in [-0.05, 0) is 31.2 Å². The lowest BCUT2D eigenvalue weighted by molar-refractivity contribution is 0.326. The molecule has 0 aliphatic rings. The van der Waals surface area contributed by atoms with Crippen molar-refractivity contribution in [2.75, 3.05) is 11.9 Å². The summed E-state index contributed by atoms with van der Waals surface area (Å²) in [5.41, 5.74) is 0.722. The van der Waals surface area contributed by atoms with Crippen molar-refractivity contribution in [1.82, 2.24) is 4.98 Å². The Balaban J connectivity index is 2.21. The maximum absolute atomic E-state index is 13.1. The average Bonchev–Trinajstić information content (AvgIpc) is 2.44. The minimum atomic E-state index is -0.973. The Morgan fingerprint density at radius 2 is 2.10 bits per heavy atom. The quantitative estimate of drug-likeness (QED) is 0.666. The molecule has 2 rings (SSSR count). The van der Waals surface area contributed by atoms with E-state index in [0.717, 1.165) is 12.1 Å². The Bertz CT molecular complexity index is 632. The van der Waals surface area contributed by atoms with E-state index in [1.54, 1.807) is 18.3 Å². The summed E-state index contributed by atoms with van der Waals surface area (Å²) in [6.07, 6.45) is 1.55. The van der Waals surface area contributed by atoms with Crippen LogP contribution in [-0.4, -0.2) is 17.4 Å². The van der Waals surface area contributed by atoms with E-state index in [4.69, 9.17) is 10.1 Å². The van der Waals surface area contributed by atoms with Gasteiger partial charge in [0.15, 0.2) is 11.6 Å². The Hall–Kier alpha value is -2.50. The van der Waals surface area contributed by atoms with E-state index >= 15 is 0 Å². The number of anilines is 1. The van der Waals surface area contributed by atoms with Crippen molar-refractivity contribution < 1.29 is 13.5 Å². The van der Waals surface area contributed by atoms with Gasteiger partial charge in [-0.15, -0.1) is 0 Å². The predicted octanol–water partition coefficient (Wildman–Crippen LogP) is 3.20. The molecule has 20 heavy (non-hydrogen) atoms. The number of hydrogen-bond acceptors (Lipinski definition) is 3. The van der Waals surface area contributed by atoms with Crippen molar-refractivity contribution >= 4 is 11.5 Å². The van der Waals surface area contributed by atoms with E-state index in [0.29, 0.717) is 18.1 Å². The van der Waals surface area contributed by atoms with Gasteiger partial charge in [0, 0.05) is 18.0 Å². The highest BCUT2D eigenvalue weighted by molar-refractivity contribution is 6.07. The zero-order valence-corrected chi connectivity index (χ0v) is 10.8. The van der Waals surface area contributed by atoms with Gasteiger partial charge in [-0.2, -0.15) is 0 Å². The minimum absolute atomic E-state index is 0.00689. The van der Waals surface area contributed by atoms with Crippen LogP contribution < -0.4 is 10.1 Å². The number of pyridine rings is 1. The molecular weight excluding hydrogens is 264 g/mol. The van der Waals surface area contributed by atoms with Crippen LogP contribution in [0.5, 0.6) is 5.88 Å². The van der Waals surface area contributed by atoms with Crippen LogP contribution >= 0.6 is 0 Å². The maximum atomic E-state index is 13.1. The third-order valence-electron chi connectivity index (χ3n) is 2.51. The highest BCUT2D eigenvalue weighted by Gasteiger charge is 2.11. The summed E-state index contributed by atoms with van der Waals surface area (Å²) in [7, 11) is 0. The number of nitrogens with zero attached hydrogens (tertiary/aromatic N) is 1. The molecule has 0 bridgehead atoms. The summed E-state index contributed by atoms with van der Waals surface area (Å²) in [5, 5.41) is 10.6. The molecule has 0 fully saturated rings. The molecule has 4 nitrogen and oxygen atoms in total. The second-order valence-electron chi connectivity index (χ2n) is 3.92. The predicted molar refractivity (Wildman–Crippen MR) is 72.2 cm³/mol. The van der Waals surface area contributed by atoms with Gasteiger partial charge in [0.25, 0.3) is 0 Å². The topological polar surface area (TPSA) is 58.0 Å². The van der Waals surface area contributed by atoms with E-state index in [1.807, 2.05) is 6.92 Å². The largest absolute Gasteiger partial charge is 0.477 e. The molecule has 0 atom stereocenters. The van der Waals surface area contributed by atoms with Crippen LogP contribution in [0.25, 0.3) is 0 Å². The van der Waals surface area contributed by atoms with Gasteiger partial charge in [0.1, 0.15) is 5.84 Å². The molecule has 1 aromatic carbocycles. The number of benzene rings is 1. The molecule has 0 spiro atoms. The summed E-state index contributed by atoms with van der Waals surface area (Å²) in [5.74, 6) is -1.60. The molecule has 0 unspecified atom stereocenters. The highest BCUT2D eigenvalue weighted by atomic mass is 19.2. The fraction of sp³-hybridized carbons (Fsp3) is 0.143. The smallest absolute Gasteiger partial charge is 0.224 e. The fourth-order valence-electron chi connectivity index (χ4n) is 1.62. The van der Waals surface area contributed by atoms with Crippen molar-refractivity contribution in [3.63, 3.8) is 0 Å². The molecule has 1 heterocycles. The number of halogens is 2. The normalized spacial score (nSPS) is 10.2. The summed E-state index contributed by atoms with van der Waals surface area (Å²) in [6, 6.07) is 6.66. The average molecular weight is 277 g/mol. The highest BCUT2D eigenvalue weighted by Crippen LogP contribution is 2.18. The third kappa shape index (κ3) is 3.09. The van der Waals surface area contributed by atoms with Crippen LogP contribution in [0, 0.1) is 17.0 Å². The number of hydrogen-bond donors (Lipinski definition) is 2. The molecule has 0 radical (unpaired) electrons. The third-order valence-corrected chi connectivity index (χ3v) is 2.51. The van der Waals surface area contributed by atoms with Crippen molar-refractivity contribution in [2.45, 2.75) is 6.92 Å². The fourth-order valence-corrected chi connectivity index (χ4v) is 1.62. The first-order valence-corrected chi connectivity index (χ1v) is 6.00. The van der Waals surface area contributed by atoms with Crippen LogP contribution in [0.15, 0.2) is 36.5 Å². The summed E-state index contributed by atoms with van der Waals surface area (Å²) in [4.78, 5) is 4.03. The second kappa shape index (κ2) is 6.10. The Morgan fingerprint density at radius 3 is 2.80 bits per heavy atom. The van der Waals surface area contributed by atoms with E-state index < -0.39 is 11.6 Å². The van der Waals surface area contributed by atoms with Crippen LogP contribution in [0.2, 0.25) is 0 Å². The summed E-state index contributed by atoms with van der Waals surface area (Å²) >= 11 is 0.